The Bertz CT molecular complexity index is 852. The Labute approximate surface area is 175 Å². The minimum Gasteiger partial charge on any atom is -1.00 e. The molecule has 0 radical (unpaired) electrons. The first kappa shape index (κ1) is 19.9. The van der Waals surface area contributed by atoms with E-state index in [-0.39, 0.29) is 31.0 Å². The van der Waals surface area contributed by atoms with Crippen LogP contribution in [0.15, 0.2) is 103 Å². The molecule has 25 heavy (non-hydrogen) atoms. The number of benzene rings is 4. The van der Waals surface area contributed by atoms with Gasteiger partial charge in [-0.25, -0.2) is 0 Å². The van der Waals surface area contributed by atoms with Crippen molar-refractivity contribution in [2.45, 2.75) is 6.92 Å². The van der Waals surface area contributed by atoms with Crippen LogP contribution in [0.4, 0.5) is 0 Å². The van der Waals surface area contributed by atoms with Crippen molar-refractivity contribution in [3.8, 4) is 0 Å². The van der Waals surface area contributed by atoms with E-state index in [9.17, 15) is 0 Å². The Kier molecular flexibility index (Phi) is 8.38. The Morgan fingerprint density at radius 3 is 1.60 bits per heavy atom. The van der Waals surface area contributed by atoms with Crippen molar-refractivity contribution in [3.63, 3.8) is 0 Å². The van der Waals surface area contributed by atoms with Gasteiger partial charge in [-0.2, -0.15) is 0 Å². The maximum Gasteiger partial charge on any atom is 1.00 e. The van der Waals surface area contributed by atoms with Gasteiger partial charge in [0.15, 0.2) is 0 Å². The van der Waals surface area contributed by atoms with Crippen LogP contribution in [-0.4, -0.2) is 0 Å². The van der Waals surface area contributed by atoms with Gasteiger partial charge in [-0.3, -0.25) is 0 Å². The average molecular weight is 352 g/mol. The van der Waals surface area contributed by atoms with Crippen molar-refractivity contribution in [2.75, 3.05) is 0 Å². The Hall–Kier alpha value is -1.43. The van der Waals surface area contributed by atoms with Gasteiger partial charge in [-0.1, -0.05) is 112 Å². The van der Waals surface area contributed by atoms with Gasteiger partial charge in [0.05, 0.1) is 0 Å². The van der Waals surface area contributed by atoms with Crippen LogP contribution < -0.4 is 40.2 Å². The Balaban J connectivity index is 0.000000244. The first-order chi connectivity index (χ1) is 11.8. The minimum absolute atomic E-state index is 0. The third kappa shape index (κ3) is 6.10. The molecule has 4 aromatic rings. The summed E-state index contributed by atoms with van der Waals surface area (Å²) in [6.45, 7) is 2.14. The molecule has 0 unspecified atom stereocenters. The van der Waals surface area contributed by atoms with E-state index < -0.39 is 0 Å². The summed E-state index contributed by atoms with van der Waals surface area (Å²) in [5.41, 5.74) is 1.35. The topological polar surface area (TPSA) is 0 Å². The normalized spacial score (nSPS) is 9.64. The summed E-state index contributed by atoms with van der Waals surface area (Å²) in [4.78, 5) is 0. The molecule has 4 rings (SSSR count). The summed E-state index contributed by atoms with van der Waals surface area (Å²) in [5.74, 6) is 0. The molecule has 0 N–H and O–H groups in total. The second-order valence-electron chi connectivity index (χ2n) is 5.65. The zero-order valence-electron chi connectivity index (χ0n) is 15.8. The summed E-state index contributed by atoms with van der Waals surface area (Å²) < 4.78 is 0. The smallest absolute Gasteiger partial charge is 1.00 e. The molecule has 0 atom stereocenters. The van der Waals surface area contributed by atoms with Gasteiger partial charge >= 0.3 is 29.6 Å². The van der Waals surface area contributed by atoms with Gasteiger partial charge in [0.2, 0.25) is 0 Å². The minimum atomic E-state index is 0. The molecule has 0 amide bonds. The molecule has 2 heteroatoms. The third-order valence-electron chi connectivity index (χ3n) is 3.84. The summed E-state index contributed by atoms with van der Waals surface area (Å²) >= 11 is 0. The second-order valence-corrected chi connectivity index (χ2v) is 7.06. The van der Waals surface area contributed by atoms with Crippen LogP contribution in [0.5, 0.6) is 0 Å². The number of rotatable bonds is 2. The van der Waals surface area contributed by atoms with E-state index in [1.807, 2.05) is 0 Å². The van der Waals surface area contributed by atoms with Gasteiger partial charge in [0, 0.05) is 0 Å². The summed E-state index contributed by atoms with van der Waals surface area (Å²) in [6.07, 6.45) is 0. The largest absolute Gasteiger partial charge is 1.00 e. The monoisotopic (exact) mass is 352 g/mol. The quantitative estimate of drug-likeness (QED) is 0.384. The fraction of sp³-hybridized carbons (Fsp3) is 0.0435. The molecule has 4 aromatic carbocycles. The van der Waals surface area contributed by atoms with Crippen LogP contribution in [0.25, 0.3) is 10.8 Å². The van der Waals surface area contributed by atoms with Crippen molar-refractivity contribution in [1.82, 2.24) is 0 Å². The van der Waals surface area contributed by atoms with E-state index in [0.717, 1.165) is 8.58 Å². The molecule has 0 bridgehead atoms. The van der Waals surface area contributed by atoms with E-state index in [1.165, 1.54) is 26.9 Å². The first-order valence-electron chi connectivity index (χ1n) is 8.14. The Morgan fingerprint density at radius 1 is 0.560 bits per heavy atom. The Morgan fingerprint density at radius 2 is 1.04 bits per heavy atom. The number of hydrogen-bond donors (Lipinski definition) is 0. The molecule has 120 valence electrons. The maximum absolute atomic E-state index is 2.17. The van der Waals surface area contributed by atoms with Crippen molar-refractivity contribution in [1.29, 1.82) is 0 Å². The second kappa shape index (κ2) is 10.5. The van der Waals surface area contributed by atoms with Gasteiger partial charge in [-0.05, 0) is 33.9 Å². The van der Waals surface area contributed by atoms with E-state index in [4.69, 9.17) is 0 Å². The molecule has 0 spiro atoms. The van der Waals surface area contributed by atoms with E-state index in [1.54, 1.807) is 0 Å². The number of hydrogen-bond acceptors (Lipinski definition) is 0. The SMILES string of the molecule is Cc1cccc2ccccc12.[H-].[Na+].c1ccc(Pc2ccccc2)cc1. The van der Waals surface area contributed by atoms with Crippen molar-refractivity contribution in [3.05, 3.63) is 109 Å². The predicted molar refractivity (Wildman–Crippen MR) is 110 cm³/mol. The molecule has 0 saturated carbocycles. The molecular weight excluding hydrogens is 330 g/mol. The average Bonchev–Trinajstić information content (AvgIpc) is 2.65. The molecular formula is C23H22NaP. The molecule has 0 aliphatic carbocycles. The van der Waals surface area contributed by atoms with Crippen LogP contribution in [0.1, 0.15) is 6.99 Å². The summed E-state index contributed by atoms with van der Waals surface area (Å²) in [6, 6.07) is 36.0. The molecule has 0 aromatic heterocycles. The molecule has 0 saturated heterocycles. The molecule has 0 aliphatic rings. The maximum atomic E-state index is 2.17. The number of aryl methyl sites for hydroxylation is 1. The molecule has 0 heterocycles. The van der Waals surface area contributed by atoms with Gasteiger partial charge in [0.1, 0.15) is 0 Å². The summed E-state index contributed by atoms with van der Waals surface area (Å²) in [5, 5.41) is 5.48. The third-order valence-corrected chi connectivity index (χ3v) is 5.09. The van der Waals surface area contributed by atoms with Crippen LogP contribution in [0.3, 0.4) is 0 Å². The predicted octanol–water partition coefficient (Wildman–Crippen LogP) is 2.58. The molecule has 0 aliphatic heterocycles. The van der Waals surface area contributed by atoms with Crippen LogP contribution in [-0.2, 0) is 0 Å². The van der Waals surface area contributed by atoms with Gasteiger partial charge < -0.3 is 1.43 Å². The zero-order chi connectivity index (χ0) is 16.6. The van der Waals surface area contributed by atoms with E-state index >= 15 is 0 Å². The van der Waals surface area contributed by atoms with Gasteiger partial charge in [0.25, 0.3) is 0 Å². The summed E-state index contributed by atoms with van der Waals surface area (Å²) in [7, 11) is 0.777. The van der Waals surface area contributed by atoms with Crippen LogP contribution in [0, 0.1) is 6.92 Å². The molecule has 0 fully saturated rings. The van der Waals surface area contributed by atoms with E-state index in [0.29, 0.717) is 0 Å². The fourth-order valence-electron chi connectivity index (χ4n) is 2.60. The van der Waals surface area contributed by atoms with Gasteiger partial charge in [-0.15, -0.1) is 0 Å². The fourth-order valence-corrected chi connectivity index (χ4v) is 3.65. The van der Waals surface area contributed by atoms with Crippen molar-refractivity contribution in [2.24, 2.45) is 0 Å². The van der Waals surface area contributed by atoms with Crippen LogP contribution in [0.2, 0.25) is 0 Å². The number of fused-ring (bicyclic) bond motifs is 1. The zero-order valence-corrected chi connectivity index (χ0v) is 17.8. The van der Waals surface area contributed by atoms with Crippen LogP contribution >= 0.6 is 8.58 Å². The van der Waals surface area contributed by atoms with Crippen molar-refractivity contribution >= 4 is 30.0 Å². The van der Waals surface area contributed by atoms with Crippen molar-refractivity contribution < 1.29 is 31.0 Å². The first-order valence-corrected chi connectivity index (χ1v) is 9.14. The molecule has 0 nitrogen and oxygen atoms in total. The standard InChI is InChI=1S/C12H11P.C11H10.Na.H/c1-3-7-11(8-4-1)13-12-9-5-2-6-10-12;1-9-5-4-7-10-6-2-3-8-11(9)10;;/h1-10,13H;2-8H,1H3;;/q;;+1;-1. The van der Waals surface area contributed by atoms with E-state index in [2.05, 4.69) is 110 Å².